The summed E-state index contributed by atoms with van der Waals surface area (Å²) in [5, 5.41) is 2.83. The van der Waals surface area contributed by atoms with Gasteiger partial charge in [-0.05, 0) is 51.3 Å². The van der Waals surface area contributed by atoms with Gasteiger partial charge in [0.05, 0.1) is 6.61 Å². The lowest BCUT2D eigenvalue weighted by molar-refractivity contribution is 0.0206. The second kappa shape index (κ2) is 7.55. The van der Waals surface area contributed by atoms with Crippen molar-refractivity contribution in [1.29, 1.82) is 0 Å². The van der Waals surface area contributed by atoms with Crippen LogP contribution in [-0.2, 0) is 9.47 Å². The van der Waals surface area contributed by atoms with Crippen LogP contribution < -0.4 is 10.1 Å². The Labute approximate surface area is 142 Å². The van der Waals surface area contributed by atoms with Gasteiger partial charge in [0.15, 0.2) is 0 Å². The Bertz CT molecular complexity index is 593. The molecule has 2 atom stereocenters. The van der Waals surface area contributed by atoms with Gasteiger partial charge in [-0.2, -0.15) is 0 Å². The Hall–Kier alpha value is -2.24. The second-order valence-corrected chi connectivity index (χ2v) is 6.87. The third kappa shape index (κ3) is 5.76. The summed E-state index contributed by atoms with van der Waals surface area (Å²) in [4.78, 5) is 23.3. The van der Waals surface area contributed by atoms with E-state index in [0.29, 0.717) is 12.4 Å². The molecule has 0 aromatic heterocycles. The van der Waals surface area contributed by atoms with Gasteiger partial charge in [-0.25, -0.2) is 9.59 Å². The predicted molar refractivity (Wildman–Crippen MR) is 89.2 cm³/mol. The maximum Gasteiger partial charge on any atom is 0.514 e. The van der Waals surface area contributed by atoms with Crippen LogP contribution >= 0.6 is 0 Å². The van der Waals surface area contributed by atoms with E-state index in [1.54, 1.807) is 32.9 Å². The zero-order chi connectivity index (χ0) is 17.7. The molecule has 1 aliphatic carbocycles. The lowest BCUT2D eigenvalue weighted by atomic mass is 10.1. The van der Waals surface area contributed by atoms with Crippen molar-refractivity contribution in [3.05, 3.63) is 29.8 Å². The smallest absolute Gasteiger partial charge is 0.450 e. The van der Waals surface area contributed by atoms with Crippen LogP contribution in [0.25, 0.3) is 0 Å². The van der Waals surface area contributed by atoms with Crippen molar-refractivity contribution in [2.45, 2.75) is 58.1 Å². The number of benzene rings is 1. The molecular weight excluding hydrogens is 310 g/mol. The number of hydrogen-bond donors (Lipinski definition) is 1. The van der Waals surface area contributed by atoms with Crippen LogP contribution in [0.3, 0.4) is 0 Å². The molecule has 6 heteroatoms. The fraction of sp³-hybridized carbons (Fsp3) is 0.556. The van der Waals surface area contributed by atoms with Gasteiger partial charge in [0.2, 0.25) is 0 Å². The molecule has 1 aliphatic rings. The standard InChI is InChI=1S/C18H25NO5/c1-5-9-22-16(20)19-15-11-14(15)12-7-6-8-13(10-12)23-17(21)24-18(2,3)4/h6-8,10,14-15H,5,9,11H2,1-4H3,(H,19,20)/t14-,15+/m0/s1. The third-order valence-corrected chi connectivity index (χ3v) is 3.41. The van der Waals surface area contributed by atoms with E-state index in [2.05, 4.69) is 5.32 Å². The van der Waals surface area contributed by atoms with Crippen LogP contribution in [0.5, 0.6) is 5.75 Å². The monoisotopic (exact) mass is 335 g/mol. The normalized spacial score (nSPS) is 19.3. The number of ether oxygens (including phenoxy) is 3. The molecule has 6 nitrogen and oxygen atoms in total. The minimum atomic E-state index is -0.728. The van der Waals surface area contributed by atoms with Gasteiger partial charge in [0.1, 0.15) is 11.4 Å². The van der Waals surface area contributed by atoms with Crippen LogP contribution in [0, 0.1) is 0 Å². The molecule has 1 aromatic carbocycles. The quantitative estimate of drug-likeness (QED) is 0.650. The highest BCUT2D eigenvalue weighted by molar-refractivity contribution is 5.68. The number of amides is 1. The Morgan fingerprint density at radius 3 is 2.71 bits per heavy atom. The fourth-order valence-corrected chi connectivity index (χ4v) is 2.29. The van der Waals surface area contributed by atoms with Gasteiger partial charge in [0.25, 0.3) is 0 Å². The van der Waals surface area contributed by atoms with E-state index in [0.717, 1.165) is 18.4 Å². The molecule has 1 aromatic rings. The van der Waals surface area contributed by atoms with Crippen molar-refractivity contribution >= 4 is 12.2 Å². The largest absolute Gasteiger partial charge is 0.514 e. The summed E-state index contributed by atoms with van der Waals surface area (Å²) in [6, 6.07) is 7.33. The average Bonchev–Trinajstić information content (AvgIpc) is 3.22. The average molecular weight is 335 g/mol. The van der Waals surface area contributed by atoms with E-state index in [4.69, 9.17) is 14.2 Å². The lowest BCUT2D eigenvalue weighted by Gasteiger charge is -2.18. The Balaban J connectivity index is 1.88. The molecular formula is C18H25NO5. The minimum Gasteiger partial charge on any atom is -0.450 e. The fourth-order valence-electron chi connectivity index (χ4n) is 2.29. The second-order valence-electron chi connectivity index (χ2n) is 6.87. The summed E-state index contributed by atoms with van der Waals surface area (Å²) < 4.78 is 15.4. The Morgan fingerprint density at radius 1 is 1.29 bits per heavy atom. The number of carbonyl (C=O) groups is 2. The lowest BCUT2D eigenvalue weighted by Crippen LogP contribution is -2.27. The first-order chi connectivity index (χ1) is 11.3. The molecule has 0 unspecified atom stereocenters. The number of alkyl carbamates (subject to hydrolysis) is 1. The summed E-state index contributed by atoms with van der Waals surface area (Å²) in [5.41, 5.74) is 0.413. The molecule has 1 fully saturated rings. The molecule has 0 spiro atoms. The topological polar surface area (TPSA) is 73.9 Å². The van der Waals surface area contributed by atoms with Gasteiger partial charge in [0, 0.05) is 12.0 Å². The highest BCUT2D eigenvalue weighted by Crippen LogP contribution is 2.41. The highest BCUT2D eigenvalue weighted by atomic mass is 16.7. The first kappa shape index (κ1) is 18.1. The third-order valence-electron chi connectivity index (χ3n) is 3.41. The SMILES string of the molecule is CCCOC(=O)N[C@@H]1C[C@H]1c1cccc(OC(=O)OC(C)(C)C)c1. The molecule has 1 amide bonds. The van der Waals surface area contributed by atoms with Crippen LogP contribution in [0.1, 0.15) is 52.0 Å². The number of carbonyl (C=O) groups excluding carboxylic acids is 2. The molecule has 0 aliphatic heterocycles. The van der Waals surface area contributed by atoms with Gasteiger partial charge < -0.3 is 19.5 Å². The zero-order valence-electron chi connectivity index (χ0n) is 14.6. The number of hydrogen-bond acceptors (Lipinski definition) is 5. The molecule has 0 saturated heterocycles. The summed E-state index contributed by atoms with van der Waals surface area (Å²) >= 11 is 0. The number of nitrogens with one attached hydrogen (secondary N) is 1. The molecule has 1 N–H and O–H groups in total. The highest BCUT2D eigenvalue weighted by Gasteiger charge is 2.40. The van der Waals surface area contributed by atoms with Crippen LogP contribution in [0.2, 0.25) is 0 Å². The molecule has 24 heavy (non-hydrogen) atoms. The Kier molecular flexibility index (Phi) is 5.70. The van der Waals surface area contributed by atoms with E-state index < -0.39 is 11.8 Å². The van der Waals surface area contributed by atoms with Crippen molar-refractivity contribution in [3.63, 3.8) is 0 Å². The van der Waals surface area contributed by atoms with E-state index in [-0.39, 0.29) is 18.1 Å². The van der Waals surface area contributed by atoms with Crippen LogP contribution in [0.4, 0.5) is 9.59 Å². The summed E-state index contributed by atoms with van der Waals surface area (Å²) in [6.45, 7) is 7.71. The van der Waals surface area contributed by atoms with Gasteiger partial charge >= 0.3 is 12.2 Å². The first-order valence-electron chi connectivity index (χ1n) is 8.22. The molecule has 1 saturated carbocycles. The Morgan fingerprint density at radius 2 is 2.04 bits per heavy atom. The van der Waals surface area contributed by atoms with Crippen molar-refractivity contribution < 1.29 is 23.8 Å². The number of rotatable bonds is 5. The van der Waals surface area contributed by atoms with E-state index in [1.165, 1.54) is 0 Å². The van der Waals surface area contributed by atoms with Crippen molar-refractivity contribution in [1.82, 2.24) is 5.32 Å². The van der Waals surface area contributed by atoms with Gasteiger partial charge in [-0.3, -0.25) is 0 Å². The van der Waals surface area contributed by atoms with Gasteiger partial charge in [-0.15, -0.1) is 0 Å². The first-order valence-corrected chi connectivity index (χ1v) is 8.22. The molecule has 0 radical (unpaired) electrons. The van der Waals surface area contributed by atoms with E-state index in [1.807, 2.05) is 19.1 Å². The predicted octanol–water partition coefficient (Wildman–Crippen LogP) is 3.99. The molecule has 0 bridgehead atoms. The molecule has 132 valence electrons. The van der Waals surface area contributed by atoms with Crippen molar-refractivity contribution in [3.8, 4) is 5.75 Å². The minimum absolute atomic E-state index is 0.0612. The summed E-state index contributed by atoms with van der Waals surface area (Å²) in [5.74, 6) is 0.641. The maximum atomic E-state index is 11.7. The van der Waals surface area contributed by atoms with Crippen molar-refractivity contribution in [2.24, 2.45) is 0 Å². The van der Waals surface area contributed by atoms with Crippen LogP contribution in [0.15, 0.2) is 24.3 Å². The molecule has 2 rings (SSSR count). The maximum absolute atomic E-state index is 11.7. The summed E-state index contributed by atoms with van der Waals surface area (Å²) in [6.07, 6.45) is 0.529. The van der Waals surface area contributed by atoms with Gasteiger partial charge in [-0.1, -0.05) is 19.1 Å². The van der Waals surface area contributed by atoms with E-state index in [9.17, 15) is 9.59 Å². The van der Waals surface area contributed by atoms with E-state index >= 15 is 0 Å². The van der Waals surface area contributed by atoms with Crippen molar-refractivity contribution in [2.75, 3.05) is 6.61 Å². The zero-order valence-corrected chi connectivity index (χ0v) is 14.6. The molecule has 0 heterocycles. The van der Waals surface area contributed by atoms with Crippen LogP contribution in [-0.4, -0.2) is 30.5 Å². The summed E-state index contributed by atoms with van der Waals surface area (Å²) in [7, 11) is 0.